The Labute approximate surface area is 127 Å². The molecule has 116 valence electrons. The smallest absolute Gasteiger partial charge is 0.262 e. The number of aryl methyl sites for hydroxylation is 3. The molecule has 3 nitrogen and oxygen atoms in total. The average Bonchev–Trinajstić information content (AvgIpc) is 2.44. The Morgan fingerprint density at radius 1 is 1.05 bits per heavy atom. The summed E-state index contributed by atoms with van der Waals surface area (Å²) in [6.45, 7) is 5.59. The van der Waals surface area contributed by atoms with Gasteiger partial charge in [0.15, 0.2) is 6.61 Å². The molecule has 2 rings (SSSR count). The molecule has 0 saturated carbocycles. The highest BCUT2D eigenvalue weighted by atomic mass is 19.1. The molecule has 0 radical (unpaired) electrons. The topological polar surface area (TPSA) is 38.3 Å². The molecule has 0 fully saturated rings. The Bertz CT molecular complexity index is 714. The zero-order valence-electron chi connectivity index (χ0n) is 12.7. The molecule has 0 aromatic heterocycles. The Morgan fingerprint density at radius 3 is 2.41 bits per heavy atom. The Morgan fingerprint density at radius 2 is 1.73 bits per heavy atom. The van der Waals surface area contributed by atoms with Gasteiger partial charge in [-0.1, -0.05) is 6.07 Å². The number of anilines is 1. The number of amides is 1. The van der Waals surface area contributed by atoms with E-state index in [0.29, 0.717) is 11.8 Å². The minimum absolute atomic E-state index is 0.0770. The minimum Gasteiger partial charge on any atom is -0.483 e. The number of nitrogens with one attached hydrogen (secondary N) is 1. The summed E-state index contributed by atoms with van der Waals surface area (Å²) in [5.41, 5.74) is 3.05. The van der Waals surface area contributed by atoms with E-state index < -0.39 is 17.5 Å². The maximum atomic E-state index is 13.4. The van der Waals surface area contributed by atoms with Crippen molar-refractivity contribution in [3.63, 3.8) is 0 Å². The van der Waals surface area contributed by atoms with E-state index in [9.17, 15) is 13.6 Å². The first-order chi connectivity index (χ1) is 10.4. The molecule has 0 atom stereocenters. The molecule has 2 aromatic rings. The van der Waals surface area contributed by atoms with Gasteiger partial charge in [0.1, 0.15) is 17.4 Å². The molecule has 1 N–H and O–H groups in total. The van der Waals surface area contributed by atoms with E-state index >= 15 is 0 Å². The van der Waals surface area contributed by atoms with Crippen LogP contribution in [-0.4, -0.2) is 12.5 Å². The Hall–Kier alpha value is -2.43. The standard InChI is InChI=1S/C17H17F2NO2/c1-10-6-12(3)16(7-11(10)2)22-9-17(21)20-15-5-4-13(18)8-14(15)19/h4-8H,9H2,1-3H3,(H,20,21). The zero-order chi connectivity index (χ0) is 16.3. The van der Waals surface area contributed by atoms with Crippen molar-refractivity contribution in [1.82, 2.24) is 0 Å². The van der Waals surface area contributed by atoms with Crippen LogP contribution in [0.5, 0.6) is 5.75 Å². The van der Waals surface area contributed by atoms with E-state index in [1.54, 1.807) is 0 Å². The molecule has 0 aliphatic rings. The fourth-order valence-electron chi connectivity index (χ4n) is 2.01. The maximum absolute atomic E-state index is 13.4. The van der Waals surface area contributed by atoms with Crippen molar-refractivity contribution in [1.29, 1.82) is 0 Å². The van der Waals surface area contributed by atoms with Gasteiger partial charge >= 0.3 is 0 Å². The van der Waals surface area contributed by atoms with Gasteiger partial charge in [0.05, 0.1) is 5.69 Å². The van der Waals surface area contributed by atoms with Crippen molar-refractivity contribution in [3.8, 4) is 5.75 Å². The van der Waals surface area contributed by atoms with E-state index in [2.05, 4.69) is 5.32 Å². The van der Waals surface area contributed by atoms with Crippen molar-refractivity contribution in [3.05, 3.63) is 58.7 Å². The van der Waals surface area contributed by atoms with E-state index in [-0.39, 0.29) is 12.3 Å². The molecular weight excluding hydrogens is 288 g/mol. The van der Waals surface area contributed by atoms with Crippen LogP contribution in [0.15, 0.2) is 30.3 Å². The molecule has 0 aliphatic carbocycles. The highest BCUT2D eigenvalue weighted by Gasteiger charge is 2.10. The molecule has 0 saturated heterocycles. The number of hydrogen-bond acceptors (Lipinski definition) is 2. The average molecular weight is 305 g/mol. The molecule has 0 bridgehead atoms. The highest BCUT2D eigenvalue weighted by Crippen LogP contribution is 2.22. The van der Waals surface area contributed by atoms with Crippen LogP contribution in [0, 0.1) is 32.4 Å². The second-order valence-electron chi connectivity index (χ2n) is 5.16. The second-order valence-corrected chi connectivity index (χ2v) is 5.16. The summed E-state index contributed by atoms with van der Waals surface area (Å²) in [7, 11) is 0. The van der Waals surface area contributed by atoms with Gasteiger partial charge in [-0.2, -0.15) is 0 Å². The van der Waals surface area contributed by atoms with E-state index in [4.69, 9.17) is 4.74 Å². The summed E-state index contributed by atoms with van der Waals surface area (Å²) in [5.74, 6) is -1.42. The van der Waals surface area contributed by atoms with Crippen molar-refractivity contribution in [2.75, 3.05) is 11.9 Å². The lowest BCUT2D eigenvalue weighted by atomic mass is 10.1. The number of carbonyl (C=O) groups is 1. The summed E-state index contributed by atoms with van der Waals surface area (Å²) in [4.78, 5) is 11.8. The van der Waals surface area contributed by atoms with Gasteiger partial charge in [0, 0.05) is 6.07 Å². The second kappa shape index (κ2) is 6.56. The third kappa shape index (κ3) is 3.81. The van der Waals surface area contributed by atoms with Crippen LogP contribution in [0.1, 0.15) is 16.7 Å². The first kappa shape index (κ1) is 15.9. The number of carbonyl (C=O) groups excluding carboxylic acids is 1. The largest absolute Gasteiger partial charge is 0.483 e. The van der Waals surface area contributed by atoms with Crippen molar-refractivity contribution < 1.29 is 18.3 Å². The molecular formula is C17H17F2NO2. The van der Waals surface area contributed by atoms with Gasteiger partial charge < -0.3 is 10.1 Å². The number of rotatable bonds is 4. The molecule has 0 heterocycles. The minimum atomic E-state index is -0.823. The lowest BCUT2D eigenvalue weighted by molar-refractivity contribution is -0.118. The lowest BCUT2D eigenvalue weighted by Gasteiger charge is -2.12. The molecule has 2 aromatic carbocycles. The van der Waals surface area contributed by atoms with Crippen molar-refractivity contribution >= 4 is 11.6 Å². The quantitative estimate of drug-likeness (QED) is 0.930. The Balaban J connectivity index is 2.00. The van der Waals surface area contributed by atoms with E-state index in [0.717, 1.165) is 22.8 Å². The monoisotopic (exact) mass is 305 g/mol. The Kier molecular flexibility index (Phi) is 4.75. The third-order valence-corrected chi connectivity index (χ3v) is 3.36. The van der Waals surface area contributed by atoms with Crippen LogP contribution in [0.4, 0.5) is 14.5 Å². The van der Waals surface area contributed by atoms with E-state index in [1.165, 1.54) is 6.07 Å². The molecule has 0 aliphatic heterocycles. The zero-order valence-corrected chi connectivity index (χ0v) is 12.7. The summed E-state index contributed by atoms with van der Waals surface area (Å²) < 4.78 is 31.7. The van der Waals surface area contributed by atoms with Crippen molar-refractivity contribution in [2.45, 2.75) is 20.8 Å². The van der Waals surface area contributed by atoms with Crippen LogP contribution in [0.2, 0.25) is 0 Å². The molecule has 0 unspecified atom stereocenters. The van der Waals surface area contributed by atoms with Crippen molar-refractivity contribution in [2.24, 2.45) is 0 Å². The first-order valence-corrected chi connectivity index (χ1v) is 6.82. The number of ether oxygens (including phenoxy) is 1. The third-order valence-electron chi connectivity index (χ3n) is 3.36. The summed E-state index contributed by atoms with van der Waals surface area (Å²) in [5, 5.41) is 2.35. The lowest BCUT2D eigenvalue weighted by Crippen LogP contribution is -2.21. The fraction of sp³-hybridized carbons (Fsp3) is 0.235. The highest BCUT2D eigenvalue weighted by molar-refractivity contribution is 5.92. The van der Waals surface area contributed by atoms with E-state index in [1.807, 2.05) is 32.9 Å². The molecule has 1 amide bonds. The summed E-state index contributed by atoms with van der Waals surface area (Å²) in [6.07, 6.45) is 0. The van der Waals surface area contributed by atoms with Crippen LogP contribution < -0.4 is 10.1 Å². The molecule has 22 heavy (non-hydrogen) atoms. The number of halogens is 2. The van der Waals surface area contributed by atoms with Gasteiger partial charge in [0.25, 0.3) is 5.91 Å². The summed E-state index contributed by atoms with van der Waals surface area (Å²) >= 11 is 0. The number of hydrogen-bond donors (Lipinski definition) is 1. The van der Waals surface area contributed by atoms with Gasteiger partial charge in [-0.3, -0.25) is 4.79 Å². The maximum Gasteiger partial charge on any atom is 0.262 e. The predicted molar refractivity (Wildman–Crippen MR) is 81.1 cm³/mol. The SMILES string of the molecule is Cc1cc(C)c(OCC(=O)Nc2ccc(F)cc2F)cc1C. The predicted octanol–water partition coefficient (Wildman–Crippen LogP) is 3.91. The van der Waals surface area contributed by atoms with Crippen LogP contribution in [-0.2, 0) is 4.79 Å². The normalized spacial score (nSPS) is 10.4. The van der Waals surface area contributed by atoms with Crippen LogP contribution in [0.25, 0.3) is 0 Å². The fourth-order valence-corrected chi connectivity index (χ4v) is 2.01. The first-order valence-electron chi connectivity index (χ1n) is 6.82. The molecule has 0 spiro atoms. The van der Waals surface area contributed by atoms with Crippen LogP contribution in [0.3, 0.4) is 0 Å². The number of benzene rings is 2. The summed E-state index contributed by atoms with van der Waals surface area (Å²) in [6, 6.07) is 6.79. The van der Waals surface area contributed by atoms with Gasteiger partial charge in [-0.15, -0.1) is 0 Å². The van der Waals surface area contributed by atoms with Gasteiger partial charge in [-0.25, -0.2) is 8.78 Å². The van der Waals surface area contributed by atoms with Gasteiger partial charge in [0.2, 0.25) is 0 Å². The molecule has 5 heteroatoms. The van der Waals surface area contributed by atoms with Crippen LogP contribution >= 0.6 is 0 Å². The van der Waals surface area contributed by atoms with Gasteiger partial charge in [-0.05, 0) is 55.7 Å².